The quantitative estimate of drug-likeness (QED) is 0.456. The van der Waals surface area contributed by atoms with Gasteiger partial charge in [-0.1, -0.05) is 11.6 Å². The molecule has 0 spiro atoms. The van der Waals surface area contributed by atoms with Gasteiger partial charge in [0.2, 0.25) is 5.91 Å². The molecule has 0 unspecified atom stereocenters. The summed E-state index contributed by atoms with van der Waals surface area (Å²) >= 11 is 5.89. The van der Waals surface area contributed by atoms with E-state index in [1.807, 2.05) is 19.1 Å². The first-order chi connectivity index (χ1) is 11.5. The molecular weight excluding hydrogens is 328 g/mol. The van der Waals surface area contributed by atoms with Gasteiger partial charge in [0.1, 0.15) is 11.5 Å². The number of ether oxygens (including phenoxy) is 1. The number of hydrogen-bond acceptors (Lipinski definition) is 4. The average Bonchev–Trinajstić information content (AvgIpc) is 2.55. The van der Waals surface area contributed by atoms with Crippen LogP contribution in [0.15, 0.2) is 47.6 Å². The first-order valence-electron chi connectivity index (χ1n) is 7.54. The van der Waals surface area contributed by atoms with Crippen molar-refractivity contribution in [3.05, 3.63) is 58.6 Å². The number of amides is 1. The molecule has 5 nitrogen and oxygen atoms in total. The van der Waals surface area contributed by atoms with Crippen LogP contribution in [0.4, 0.5) is 0 Å². The molecule has 2 N–H and O–H groups in total. The van der Waals surface area contributed by atoms with E-state index in [0.29, 0.717) is 24.5 Å². The fourth-order valence-electron chi connectivity index (χ4n) is 1.98. The van der Waals surface area contributed by atoms with E-state index in [0.717, 1.165) is 16.9 Å². The van der Waals surface area contributed by atoms with Crippen LogP contribution in [0, 0.1) is 6.92 Å². The highest BCUT2D eigenvalue weighted by atomic mass is 35.5. The lowest BCUT2D eigenvalue weighted by atomic mass is 10.2. The number of halogens is 1. The molecule has 2 aromatic rings. The summed E-state index contributed by atoms with van der Waals surface area (Å²) in [7, 11) is 0. The van der Waals surface area contributed by atoms with Crippen molar-refractivity contribution in [3.63, 3.8) is 0 Å². The molecule has 6 heteroatoms. The van der Waals surface area contributed by atoms with Crippen LogP contribution in [0.1, 0.15) is 24.0 Å². The van der Waals surface area contributed by atoms with Crippen molar-refractivity contribution >= 4 is 23.7 Å². The number of carbonyl (C=O) groups is 1. The smallest absolute Gasteiger partial charge is 0.240 e. The maximum absolute atomic E-state index is 11.7. The minimum absolute atomic E-state index is 0.179. The number of aryl methyl sites for hydroxylation is 1. The number of phenols is 1. The molecule has 0 fully saturated rings. The van der Waals surface area contributed by atoms with Crippen molar-refractivity contribution in [3.8, 4) is 11.5 Å². The number of nitrogens with one attached hydrogen (secondary N) is 1. The third-order valence-electron chi connectivity index (χ3n) is 3.24. The molecule has 24 heavy (non-hydrogen) atoms. The molecule has 0 atom stereocenters. The first-order valence-corrected chi connectivity index (χ1v) is 7.92. The molecule has 0 heterocycles. The number of rotatable bonds is 7. The number of benzene rings is 2. The Morgan fingerprint density at radius 3 is 2.75 bits per heavy atom. The summed E-state index contributed by atoms with van der Waals surface area (Å²) in [5.74, 6) is 0.777. The predicted octanol–water partition coefficient (Wildman–Crippen LogP) is 3.66. The Labute approximate surface area is 145 Å². The number of phenolic OH excluding ortho intramolecular Hbond substituents is 1. The van der Waals surface area contributed by atoms with Gasteiger partial charge in [-0.05, 0) is 66.9 Å². The van der Waals surface area contributed by atoms with Crippen molar-refractivity contribution in [2.45, 2.75) is 19.8 Å². The highest BCUT2D eigenvalue weighted by molar-refractivity contribution is 6.30. The number of aromatic hydroxyl groups is 1. The van der Waals surface area contributed by atoms with E-state index in [4.69, 9.17) is 16.3 Å². The topological polar surface area (TPSA) is 70.9 Å². The van der Waals surface area contributed by atoms with Crippen LogP contribution < -0.4 is 10.2 Å². The van der Waals surface area contributed by atoms with E-state index in [-0.39, 0.29) is 11.7 Å². The fraction of sp³-hybridized carbons (Fsp3) is 0.222. The van der Waals surface area contributed by atoms with E-state index in [1.54, 1.807) is 30.3 Å². The molecule has 0 saturated heterocycles. The van der Waals surface area contributed by atoms with Crippen LogP contribution in [-0.2, 0) is 4.79 Å². The average molecular weight is 347 g/mol. The number of nitrogens with zero attached hydrogens (tertiary/aromatic N) is 1. The van der Waals surface area contributed by atoms with Crippen LogP contribution in [0.5, 0.6) is 11.5 Å². The summed E-state index contributed by atoms with van der Waals surface area (Å²) in [6, 6.07) is 11.9. The molecule has 0 bridgehead atoms. The molecule has 1 amide bonds. The van der Waals surface area contributed by atoms with Crippen LogP contribution in [0.3, 0.4) is 0 Å². The Hall–Kier alpha value is -2.53. The maximum atomic E-state index is 11.7. The summed E-state index contributed by atoms with van der Waals surface area (Å²) in [6.45, 7) is 2.36. The van der Waals surface area contributed by atoms with Gasteiger partial charge in [-0.2, -0.15) is 5.10 Å². The van der Waals surface area contributed by atoms with Crippen molar-refractivity contribution in [1.29, 1.82) is 0 Å². The van der Waals surface area contributed by atoms with E-state index >= 15 is 0 Å². The molecular formula is C18H19ClN2O3. The molecule has 0 aliphatic rings. The monoisotopic (exact) mass is 346 g/mol. The Kier molecular flexibility index (Phi) is 6.63. The third kappa shape index (κ3) is 5.93. The van der Waals surface area contributed by atoms with Gasteiger partial charge < -0.3 is 9.84 Å². The Balaban J connectivity index is 1.67. The first kappa shape index (κ1) is 17.8. The van der Waals surface area contributed by atoms with Crippen LogP contribution in [0.25, 0.3) is 0 Å². The van der Waals surface area contributed by atoms with Crippen molar-refractivity contribution < 1.29 is 14.6 Å². The van der Waals surface area contributed by atoms with Gasteiger partial charge in [0.25, 0.3) is 0 Å². The number of hydrazone groups is 1. The highest BCUT2D eigenvalue weighted by Crippen LogP contribution is 2.21. The second-order valence-corrected chi connectivity index (χ2v) is 5.68. The summed E-state index contributed by atoms with van der Waals surface area (Å²) in [6.07, 6.45) is 2.42. The zero-order valence-electron chi connectivity index (χ0n) is 13.3. The Morgan fingerprint density at radius 2 is 2.04 bits per heavy atom. The lowest BCUT2D eigenvalue weighted by molar-refractivity contribution is -0.121. The normalized spacial score (nSPS) is 10.8. The molecule has 2 rings (SSSR count). The maximum Gasteiger partial charge on any atom is 0.240 e. The van der Waals surface area contributed by atoms with Gasteiger partial charge in [-0.25, -0.2) is 5.43 Å². The van der Waals surface area contributed by atoms with E-state index in [1.165, 1.54) is 6.21 Å². The lowest BCUT2D eigenvalue weighted by Crippen LogP contribution is -2.18. The molecule has 0 radical (unpaired) electrons. The van der Waals surface area contributed by atoms with Crippen molar-refractivity contribution in [2.75, 3.05) is 6.61 Å². The Morgan fingerprint density at radius 1 is 1.29 bits per heavy atom. The fourth-order valence-corrected chi connectivity index (χ4v) is 2.21. The summed E-state index contributed by atoms with van der Waals surface area (Å²) in [5, 5.41) is 13.7. The molecule has 0 aliphatic carbocycles. The van der Waals surface area contributed by atoms with E-state index in [9.17, 15) is 9.90 Å². The predicted molar refractivity (Wildman–Crippen MR) is 94.8 cm³/mol. The standard InChI is InChI=1S/C18H19ClN2O3/c1-13-11-15(19)6-9-17(13)24-10-2-3-18(23)21-20-12-14-4-7-16(22)8-5-14/h4-9,11-12,22H,2-3,10H2,1H3,(H,21,23). The minimum atomic E-state index is -0.179. The van der Waals surface area contributed by atoms with Gasteiger partial charge in [0.15, 0.2) is 0 Å². The second kappa shape index (κ2) is 8.93. The van der Waals surface area contributed by atoms with Crippen LogP contribution >= 0.6 is 11.6 Å². The van der Waals surface area contributed by atoms with Crippen LogP contribution in [-0.4, -0.2) is 23.8 Å². The van der Waals surface area contributed by atoms with Crippen molar-refractivity contribution in [1.82, 2.24) is 5.43 Å². The van der Waals surface area contributed by atoms with E-state index < -0.39 is 0 Å². The lowest BCUT2D eigenvalue weighted by Gasteiger charge is -2.08. The largest absolute Gasteiger partial charge is 0.508 e. The zero-order valence-corrected chi connectivity index (χ0v) is 14.1. The molecule has 0 saturated carbocycles. The molecule has 0 aromatic heterocycles. The van der Waals surface area contributed by atoms with Gasteiger partial charge in [0, 0.05) is 11.4 Å². The van der Waals surface area contributed by atoms with Gasteiger partial charge >= 0.3 is 0 Å². The molecule has 0 aliphatic heterocycles. The molecule has 2 aromatic carbocycles. The second-order valence-electron chi connectivity index (χ2n) is 5.25. The summed E-state index contributed by atoms with van der Waals surface area (Å²) in [4.78, 5) is 11.7. The summed E-state index contributed by atoms with van der Waals surface area (Å²) < 4.78 is 5.63. The highest BCUT2D eigenvalue weighted by Gasteiger charge is 2.02. The molecule has 126 valence electrons. The van der Waals surface area contributed by atoms with E-state index in [2.05, 4.69) is 10.5 Å². The number of hydrogen-bond donors (Lipinski definition) is 2. The van der Waals surface area contributed by atoms with Crippen molar-refractivity contribution in [2.24, 2.45) is 5.10 Å². The number of carbonyl (C=O) groups excluding carboxylic acids is 1. The SMILES string of the molecule is Cc1cc(Cl)ccc1OCCCC(=O)NN=Cc1ccc(O)cc1. The Bertz CT molecular complexity index is 715. The zero-order chi connectivity index (χ0) is 17.4. The minimum Gasteiger partial charge on any atom is -0.508 e. The third-order valence-corrected chi connectivity index (χ3v) is 3.47. The summed E-state index contributed by atoms with van der Waals surface area (Å²) in [5.41, 5.74) is 4.21. The van der Waals surface area contributed by atoms with Gasteiger partial charge in [-0.3, -0.25) is 4.79 Å². The van der Waals surface area contributed by atoms with Crippen LogP contribution in [0.2, 0.25) is 5.02 Å². The van der Waals surface area contributed by atoms with Gasteiger partial charge in [0.05, 0.1) is 12.8 Å². The van der Waals surface area contributed by atoms with Gasteiger partial charge in [-0.15, -0.1) is 0 Å².